The molecule has 0 aliphatic heterocycles. The number of hydrogen-bond acceptors (Lipinski definition) is 5. The predicted octanol–water partition coefficient (Wildman–Crippen LogP) is 1.00. The van der Waals surface area contributed by atoms with Crippen LogP contribution in [0.2, 0.25) is 0 Å². The molecule has 0 fully saturated rings. The Morgan fingerprint density at radius 2 is 2.19 bits per heavy atom. The molecule has 1 amide bonds. The first-order valence-corrected chi connectivity index (χ1v) is 6.53. The van der Waals surface area contributed by atoms with Crippen molar-refractivity contribution in [1.29, 1.82) is 0 Å². The number of rotatable bonds is 7. The van der Waals surface area contributed by atoms with Crippen molar-refractivity contribution in [3.63, 3.8) is 0 Å². The predicted molar refractivity (Wildman–Crippen MR) is 76.0 cm³/mol. The Labute approximate surface area is 122 Å². The van der Waals surface area contributed by atoms with Gasteiger partial charge in [0.15, 0.2) is 11.5 Å². The summed E-state index contributed by atoms with van der Waals surface area (Å²) in [5, 5.41) is 6.80. The number of benzene rings is 1. The van der Waals surface area contributed by atoms with Crippen LogP contribution in [0.1, 0.15) is 12.0 Å². The van der Waals surface area contributed by atoms with E-state index in [9.17, 15) is 4.79 Å². The molecule has 0 aliphatic rings. The number of aryl methyl sites for hydroxylation is 1. The molecule has 0 saturated carbocycles. The van der Waals surface area contributed by atoms with E-state index in [0.717, 1.165) is 5.56 Å². The topological polar surface area (TPSA) is 78.3 Å². The summed E-state index contributed by atoms with van der Waals surface area (Å²) in [5.41, 5.74) is 0.867. The third-order valence-electron chi connectivity index (χ3n) is 3.00. The molecule has 2 rings (SSSR count). The second-order valence-electron chi connectivity index (χ2n) is 4.34. The van der Waals surface area contributed by atoms with Gasteiger partial charge in [0.05, 0.1) is 20.8 Å². The van der Waals surface area contributed by atoms with Gasteiger partial charge in [-0.15, -0.1) is 0 Å². The molecule has 0 radical (unpaired) electrons. The van der Waals surface area contributed by atoms with Gasteiger partial charge in [0.2, 0.25) is 5.91 Å². The number of nitrogens with zero attached hydrogens (tertiary/aromatic N) is 3. The SMILES string of the molecule is COc1cccc(CNC(=O)CCn2cncn2)c1OC. The zero-order valence-corrected chi connectivity index (χ0v) is 12.1. The summed E-state index contributed by atoms with van der Waals surface area (Å²) in [6, 6.07) is 5.56. The van der Waals surface area contributed by atoms with Crippen LogP contribution in [0.5, 0.6) is 11.5 Å². The van der Waals surface area contributed by atoms with E-state index in [1.807, 2.05) is 18.2 Å². The van der Waals surface area contributed by atoms with Crippen molar-refractivity contribution < 1.29 is 14.3 Å². The van der Waals surface area contributed by atoms with Gasteiger partial charge in [-0.2, -0.15) is 5.10 Å². The molecule has 21 heavy (non-hydrogen) atoms. The van der Waals surface area contributed by atoms with Gasteiger partial charge in [0.1, 0.15) is 12.7 Å². The van der Waals surface area contributed by atoms with Crippen LogP contribution in [-0.2, 0) is 17.9 Å². The molecule has 7 nitrogen and oxygen atoms in total. The fourth-order valence-corrected chi connectivity index (χ4v) is 1.94. The second-order valence-corrected chi connectivity index (χ2v) is 4.34. The minimum Gasteiger partial charge on any atom is -0.493 e. The van der Waals surface area contributed by atoms with Crippen molar-refractivity contribution in [2.24, 2.45) is 0 Å². The quantitative estimate of drug-likeness (QED) is 0.823. The number of amides is 1. The molecule has 2 aromatic rings. The summed E-state index contributed by atoms with van der Waals surface area (Å²) >= 11 is 0. The maximum absolute atomic E-state index is 11.8. The maximum atomic E-state index is 11.8. The van der Waals surface area contributed by atoms with E-state index in [1.165, 1.54) is 6.33 Å². The Morgan fingerprint density at radius 1 is 1.33 bits per heavy atom. The lowest BCUT2D eigenvalue weighted by Crippen LogP contribution is -2.24. The molecule has 0 atom stereocenters. The monoisotopic (exact) mass is 290 g/mol. The van der Waals surface area contributed by atoms with Crippen molar-refractivity contribution in [2.45, 2.75) is 19.5 Å². The molecule has 1 N–H and O–H groups in total. The van der Waals surface area contributed by atoms with Crippen LogP contribution in [0.3, 0.4) is 0 Å². The zero-order chi connectivity index (χ0) is 15.1. The van der Waals surface area contributed by atoms with Crippen LogP contribution in [0, 0.1) is 0 Å². The first-order valence-electron chi connectivity index (χ1n) is 6.53. The summed E-state index contributed by atoms with van der Waals surface area (Å²) in [6.45, 7) is 0.887. The van der Waals surface area contributed by atoms with Crippen molar-refractivity contribution in [3.05, 3.63) is 36.4 Å². The van der Waals surface area contributed by atoms with Gasteiger partial charge in [-0.05, 0) is 6.07 Å². The molecular weight excluding hydrogens is 272 g/mol. The lowest BCUT2D eigenvalue weighted by Gasteiger charge is -2.13. The number of ether oxygens (including phenoxy) is 2. The molecule has 0 spiro atoms. The summed E-state index contributed by atoms with van der Waals surface area (Å²) in [5.74, 6) is 1.22. The number of para-hydroxylation sites is 1. The molecule has 1 aromatic carbocycles. The Balaban J connectivity index is 1.89. The molecule has 1 heterocycles. The number of nitrogens with one attached hydrogen (secondary N) is 1. The Kier molecular flexibility index (Phi) is 5.14. The van der Waals surface area contributed by atoms with E-state index < -0.39 is 0 Å². The highest BCUT2D eigenvalue weighted by molar-refractivity contribution is 5.75. The molecule has 0 bridgehead atoms. The lowest BCUT2D eigenvalue weighted by molar-refractivity contribution is -0.121. The maximum Gasteiger partial charge on any atom is 0.222 e. The molecule has 0 saturated heterocycles. The lowest BCUT2D eigenvalue weighted by atomic mass is 10.2. The highest BCUT2D eigenvalue weighted by atomic mass is 16.5. The van der Waals surface area contributed by atoms with E-state index in [4.69, 9.17) is 9.47 Å². The normalized spacial score (nSPS) is 10.2. The fraction of sp³-hybridized carbons (Fsp3) is 0.357. The van der Waals surface area contributed by atoms with E-state index in [1.54, 1.807) is 25.2 Å². The summed E-state index contributed by atoms with van der Waals surface area (Å²) in [6.07, 6.45) is 3.37. The first-order chi connectivity index (χ1) is 10.2. The smallest absolute Gasteiger partial charge is 0.222 e. The third kappa shape index (κ3) is 3.95. The number of hydrogen-bond donors (Lipinski definition) is 1. The van der Waals surface area contributed by atoms with Crippen LogP contribution < -0.4 is 14.8 Å². The van der Waals surface area contributed by atoms with Gasteiger partial charge in [-0.3, -0.25) is 9.48 Å². The average Bonchev–Trinajstić information content (AvgIpc) is 3.03. The largest absolute Gasteiger partial charge is 0.493 e. The van der Waals surface area contributed by atoms with Gasteiger partial charge >= 0.3 is 0 Å². The van der Waals surface area contributed by atoms with Gasteiger partial charge in [0.25, 0.3) is 0 Å². The van der Waals surface area contributed by atoms with E-state index in [0.29, 0.717) is 31.0 Å². The highest BCUT2D eigenvalue weighted by Gasteiger charge is 2.10. The average molecular weight is 290 g/mol. The van der Waals surface area contributed by atoms with Crippen LogP contribution >= 0.6 is 0 Å². The third-order valence-corrected chi connectivity index (χ3v) is 3.00. The van der Waals surface area contributed by atoms with Crippen molar-refractivity contribution in [2.75, 3.05) is 14.2 Å². The van der Waals surface area contributed by atoms with Gasteiger partial charge in [-0.1, -0.05) is 12.1 Å². The second kappa shape index (κ2) is 7.28. The minimum absolute atomic E-state index is 0.0598. The van der Waals surface area contributed by atoms with Gasteiger partial charge < -0.3 is 14.8 Å². The van der Waals surface area contributed by atoms with Crippen molar-refractivity contribution >= 4 is 5.91 Å². The molecule has 1 aromatic heterocycles. The molecule has 0 aliphatic carbocycles. The highest BCUT2D eigenvalue weighted by Crippen LogP contribution is 2.30. The van der Waals surface area contributed by atoms with E-state index in [-0.39, 0.29) is 5.91 Å². The zero-order valence-electron chi connectivity index (χ0n) is 12.1. The number of carbonyl (C=O) groups is 1. The van der Waals surface area contributed by atoms with Crippen molar-refractivity contribution in [3.8, 4) is 11.5 Å². The molecule has 112 valence electrons. The number of carbonyl (C=O) groups excluding carboxylic acids is 1. The Hall–Kier alpha value is -2.57. The fourth-order valence-electron chi connectivity index (χ4n) is 1.94. The van der Waals surface area contributed by atoms with Crippen LogP contribution in [0.25, 0.3) is 0 Å². The van der Waals surface area contributed by atoms with Crippen molar-refractivity contribution in [1.82, 2.24) is 20.1 Å². The van der Waals surface area contributed by atoms with E-state index in [2.05, 4.69) is 15.4 Å². The Morgan fingerprint density at radius 3 is 2.86 bits per heavy atom. The summed E-state index contributed by atoms with van der Waals surface area (Å²) in [4.78, 5) is 15.6. The molecule has 7 heteroatoms. The van der Waals surface area contributed by atoms with Crippen LogP contribution in [-0.4, -0.2) is 34.9 Å². The first kappa shape index (κ1) is 14.8. The molecular formula is C14H18N4O3. The Bertz CT molecular complexity index is 584. The number of methoxy groups -OCH3 is 2. The number of aromatic nitrogens is 3. The van der Waals surface area contributed by atoms with Gasteiger partial charge in [0, 0.05) is 18.5 Å². The molecule has 0 unspecified atom stereocenters. The van der Waals surface area contributed by atoms with Crippen LogP contribution in [0.15, 0.2) is 30.9 Å². The standard InChI is InChI=1S/C14H18N4O3/c1-20-12-5-3-4-11(14(12)21-2)8-16-13(19)6-7-18-10-15-9-17-18/h3-5,9-10H,6-8H2,1-2H3,(H,16,19). The van der Waals surface area contributed by atoms with Gasteiger partial charge in [-0.25, -0.2) is 4.98 Å². The van der Waals surface area contributed by atoms with Crippen LogP contribution in [0.4, 0.5) is 0 Å². The van der Waals surface area contributed by atoms with E-state index >= 15 is 0 Å². The summed E-state index contributed by atoms with van der Waals surface area (Å²) in [7, 11) is 3.16. The minimum atomic E-state index is -0.0598. The summed E-state index contributed by atoms with van der Waals surface area (Å²) < 4.78 is 12.2.